The summed E-state index contributed by atoms with van der Waals surface area (Å²) < 4.78 is 0.394. The standard InChI is InChI=1S/C10H7BrN2O2/c11-8-5-12-9(13-10(8)15)6-1-3-7(14)4-2-6/h1-5,14H,(H,12,13,15). The Morgan fingerprint density at radius 3 is 2.53 bits per heavy atom. The molecule has 76 valence electrons. The number of benzene rings is 1. The summed E-state index contributed by atoms with van der Waals surface area (Å²) in [4.78, 5) is 18.0. The number of aromatic nitrogens is 2. The topological polar surface area (TPSA) is 66.0 Å². The number of nitrogens with zero attached hydrogens (tertiary/aromatic N) is 1. The molecule has 0 atom stereocenters. The van der Waals surface area contributed by atoms with Gasteiger partial charge in [0.15, 0.2) is 0 Å². The van der Waals surface area contributed by atoms with Gasteiger partial charge in [-0.2, -0.15) is 0 Å². The number of nitrogens with one attached hydrogen (secondary N) is 1. The minimum Gasteiger partial charge on any atom is -0.508 e. The number of phenols is 1. The number of rotatable bonds is 1. The number of phenolic OH excluding ortho intramolecular Hbond substituents is 1. The molecule has 0 saturated carbocycles. The molecule has 1 aromatic heterocycles. The lowest BCUT2D eigenvalue weighted by Gasteiger charge is -2.00. The summed E-state index contributed by atoms with van der Waals surface area (Å²) in [6.07, 6.45) is 1.45. The lowest BCUT2D eigenvalue weighted by molar-refractivity contribution is 0.475. The van der Waals surface area contributed by atoms with Gasteiger partial charge in [0.05, 0.1) is 0 Å². The van der Waals surface area contributed by atoms with Gasteiger partial charge >= 0.3 is 0 Å². The van der Waals surface area contributed by atoms with E-state index in [0.29, 0.717) is 10.3 Å². The summed E-state index contributed by atoms with van der Waals surface area (Å²) in [5.41, 5.74) is 0.519. The summed E-state index contributed by atoms with van der Waals surface area (Å²) in [5.74, 6) is 0.654. The fraction of sp³-hybridized carbons (Fsp3) is 0. The molecule has 2 rings (SSSR count). The van der Waals surface area contributed by atoms with E-state index in [-0.39, 0.29) is 11.3 Å². The number of H-pyrrole nitrogens is 1. The van der Waals surface area contributed by atoms with Crippen molar-refractivity contribution in [2.24, 2.45) is 0 Å². The van der Waals surface area contributed by atoms with Crippen LogP contribution in [0.25, 0.3) is 11.4 Å². The molecule has 2 aromatic rings. The first-order valence-corrected chi connectivity index (χ1v) is 5.00. The number of aromatic hydroxyl groups is 1. The maximum atomic E-state index is 11.3. The van der Waals surface area contributed by atoms with E-state index in [4.69, 9.17) is 5.11 Å². The van der Waals surface area contributed by atoms with Gasteiger partial charge in [-0.25, -0.2) is 4.98 Å². The Morgan fingerprint density at radius 2 is 1.93 bits per heavy atom. The molecule has 1 aromatic carbocycles. The third-order valence-electron chi connectivity index (χ3n) is 1.90. The Labute approximate surface area is 93.8 Å². The highest BCUT2D eigenvalue weighted by molar-refractivity contribution is 9.10. The summed E-state index contributed by atoms with van der Waals surface area (Å²) in [5, 5.41) is 9.10. The van der Waals surface area contributed by atoms with Crippen LogP contribution in [0.15, 0.2) is 39.7 Å². The van der Waals surface area contributed by atoms with E-state index in [0.717, 1.165) is 5.56 Å². The average molecular weight is 267 g/mol. The van der Waals surface area contributed by atoms with Crippen LogP contribution in [0.5, 0.6) is 5.75 Å². The monoisotopic (exact) mass is 266 g/mol. The van der Waals surface area contributed by atoms with Gasteiger partial charge in [-0.15, -0.1) is 0 Å². The first-order chi connectivity index (χ1) is 7.16. The predicted molar refractivity (Wildman–Crippen MR) is 59.7 cm³/mol. The quantitative estimate of drug-likeness (QED) is 0.829. The zero-order valence-corrected chi connectivity index (χ0v) is 9.15. The molecule has 0 spiro atoms. The third-order valence-corrected chi connectivity index (χ3v) is 2.46. The van der Waals surface area contributed by atoms with Gasteiger partial charge in [0.1, 0.15) is 16.0 Å². The Balaban J connectivity index is 2.50. The first kappa shape index (κ1) is 9.92. The highest BCUT2D eigenvalue weighted by Crippen LogP contribution is 2.17. The SMILES string of the molecule is O=c1[nH]c(-c2ccc(O)cc2)ncc1Br. The molecular weight excluding hydrogens is 260 g/mol. The highest BCUT2D eigenvalue weighted by atomic mass is 79.9. The van der Waals surface area contributed by atoms with Gasteiger partial charge in [0.25, 0.3) is 5.56 Å². The highest BCUT2D eigenvalue weighted by Gasteiger charge is 2.02. The Bertz CT molecular complexity index is 534. The van der Waals surface area contributed by atoms with E-state index in [1.807, 2.05) is 0 Å². The van der Waals surface area contributed by atoms with Gasteiger partial charge in [-0.3, -0.25) is 4.79 Å². The van der Waals surface area contributed by atoms with Crippen molar-refractivity contribution in [1.29, 1.82) is 0 Å². The summed E-state index contributed by atoms with van der Waals surface area (Å²) in [6.45, 7) is 0. The normalized spacial score (nSPS) is 10.2. The van der Waals surface area contributed by atoms with E-state index >= 15 is 0 Å². The van der Waals surface area contributed by atoms with E-state index in [1.54, 1.807) is 12.1 Å². The summed E-state index contributed by atoms with van der Waals surface area (Å²) in [6, 6.07) is 6.44. The lowest BCUT2D eigenvalue weighted by Crippen LogP contribution is -2.08. The second kappa shape index (κ2) is 3.86. The van der Waals surface area contributed by atoms with Gasteiger partial charge in [-0.1, -0.05) is 0 Å². The fourth-order valence-corrected chi connectivity index (χ4v) is 1.35. The van der Waals surface area contributed by atoms with Crippen molar-refractivity contribution in [2.75, 3.05) is 0 Å². The molecule has 0 aliphatic carbocycles. The van der Waals surface area contributed by atoms with Crippen LogP contribution in [-0.4, -0.2) is 15.1 Å². The van der Waals surface area contributed by atoms with Crippen LogP contribution in [0.4, 0.5) is 0 Å². The molecule has 0 unspecified atom stereocenters. The molecule has 0 aliphatic heterocycles. The van der Waals surface area contributed by atoms with E-state index in [9.17, 15) is 4.79 Å². The zero-order chi connectivity index (χ0) is 10.8. The van der Waals surface area contributed by atoms with Crippen LogP contribution in [-0.2, 0) is 0 Å². The van der Waals surface area contributed by atoms with Crippen LogP contribution >= 0.6 is 15.9 Å². The summed E-state index contributed by atoms with van der Waals surface area (Å²) >= 11 is 3.07. The largest absolute Gasteiger partial charge is 0.508 e. The van der Waals surface area contributed by atoms with Crippen LogP contribution < -0.4 is 5.56 Å². The van der Waals surface area contributed by atoms with Crippen molar-refractivity contribution in [3.8, 4) is 17.1 Å². The number of halogens is 1. The van der Waals surface area contributed by atoms with Crippen molar-refractivity contribution in [3.05, 3.63) is 45.3 Å². The van der Waals surface area contributed by atoms with Crippen molar-refractivity contribution in [2.45, 2.75) is 0 Å². The van der Waals surface area contributed by atoms with Gasteiger partial charge < -0.3 is 10.1 Å². The van der Waals surface area contributed by atoms with E-state index < -0.39 is 0 Å². The fourth-order valence-electron chi connectivity index (χ4n) is 1.15. The van der Waals surface area contributed by atoms with Crippen molar-refractivity contribution >= 4 is 15.9 Å². The molecule has 2 N–H and O–H groups in total. The third kappa shape index (κ3) is 2.07. The van der Waals surface area contributed by atoms with Crippen molar-refractivity contribution in [1.82, 2.24) is 9.97 Å². The van der Waals surface area contributed by atoms with Crippen LogP contribution in [0, 0.1) is 0 Å². The molecule has 4 nitrogen and oxygen atoms in total. The average Bonchev–Trinajstić information content (AvgIpc) is 2.23. The molecule has 0 aliphatic rings. The molecule has 0 radical (unpaired) electrons. The Kier molecular flexibility index (Phi) is 2.55. The van der Waals surface area contributed by atoms with Crippen LogP contribution in [0.1, 0.15) is 0 Å². The molecule has 0 saturated heterocycles. The molecule has 5 heteroatoms. The Hall–Kier alpha value is -1.62. The first-order valence-electron chi connectivity index (χ1n) is 4.21. The van der Waals surface area contributed by atoms with Gasteiger partial charge in [0, 0.05) is 11.8 Å². The summed E-state index contributed by atoms with van der Waals surface area (Å²) in [7, 11) is 0. The number of hydrogen-bond donors (Lipinski definition) is 2. The number of aromatic amines is 1. The Morgan fingerprint density at radius 1 is 1.27 bits per heavy atom. The maximum absolute atomic E-state index is 11.3. The van der Waals surface area contributed by atoms with Crippen LogP contribution in [0.2, 0.25) is 0 Å². The minimum absolute atomic E-state index is 0.179. The molecule has 1 heterocycles. The molecule has 15 heavy (non-hydrogen) atoms. The van der Waals surface area contributed by atoms with Crippen molar-refractivity contribution < 1.29 is 5.11 Å². The second-order valence-electron chi connectivity index (χ2n) is 2.96. The maximum Gasteiger partial charge on any atom is 0.265 e. The smallest absolute Gasteiger partial charge is 0.265 e. The zero-order valence-electron chi connectivity index (χ0n) is 7.57. The minimum atomic E-state index is -0.229. The van der Waals surface area contributed by atoms with Gasteiger partial charge in [0.2, 0.25) is 0 Å². The molecule has 0 bridgehead atoms. The van der Waals surface area contributed by atoms with E-state index in [1.165, 1.54) is 18.3 Å². The number of hydrogen-bond acceptors (Lipinski definition) is 3. The molecular formula is C10H7BrN2O2. The predicted octanol–water partition coefficient (Wildman–Crippen LogP) is 1.90. The molecule has 0 fully saturated rings. The van der Waals surface area contributed by atoms with Crippen molar-refractivity contribution in [3.63, 3.8) is 0 Å². The van der Waals surface area contributed by atoms with E-state index in [2.05, 4.69) is 25.9 Å². The second-order valence-corrected chi connectivity index (χ2v) is 3.81. The lowest BCUT2D eigenvalue weighted by atomic mass is 10.2. The van der Waals surface area contributed by atoms with Crippen LogP contribution in [0.3, 0.4) is 0 Å². The molecule has 0 amide bonds. The van der Waals surface area contributed by atoms with Gasteiger partial charge in [-0.05, 0) is 40.2 Å².